The number of amides is 1. The molecule has 1 aromatic rings. The zero-order chi connectivity index (χ0) is 17.8. The molecule has 25 heavy (non-hydrogen) atoms. The summed E-state index contributed by atoms with van der Waals surface area (Å²) in [5.74, 6) is 0.00641. The Labute approximate surface area is 154 Å². The van der Waals surface area contributed by atoms with Gasteiger partial charge in [-0.3, -0.25) is 9.69 Å². The van der Waals surface area contributed by atoms with Crippen LogP contribution in [0, 0.1) is 11.7 Å². The van der Waals surface area contributed by atoms with Gasteiger partial charge >= 0.3 is 0 Å². The first kappa shape index (κ1) is 18.6. The van der Waals surface area contributed by atoms with Gasteiger partial charge in [-0.2, -0.15) is 0 Å². The summed E-state index contributed by atoms with van der Waals surface area (Å²) in [5, 5.41) is 7.10. The number of benzene rings is 1. The van der Waals surface area contributed by atoms with Gasteiger partial charge in [0.1, 0.15) is 5.82 Å². The predicted molar refractivity (Wildman–Crippen MR) is 98.0 cm³/mol. The predicted octanol–water partition coefficient (Wildman–Crippen LogP) is 2.95. The summed E-state index contributed by atoms with van der Waals surface area (Å²) < 4.78 is 13.2. The second-order valence-electron chi connectivity index (χ2n) is 7.40. The summed E-state index contributed by atoms with van der Waals surface area (Å²) in [6.07, 6.45) is 3.89. The maximum absolute atomic E-state index is 13.2. The van der Waals surface area contributed by atoms with Crippen molar-refractivity contribution in [1.82, 2.24) is 15.5 Å². The molecule has 1 amide bonds. The number of carbonyl (C=O) groups excluding carboxylic acids is 1. The number of likely N-dealkylation sites (tertiary alicyclic amines) is 1. The molecule has 0 saturated carbocycles. The van der Waals surface area contributed by atoms with Crippen molar-refractivity contribution < 1.29 is 9.18 Å². The summed E-state index contributed by atoms with van der Waals surface area (Å²) >= 11 is 6.14. The number of hydrogen-bond acceptors (Lipinski definition) is 3. The van der Waals surface area contributed by atoms with Crippen LogP contribution in [0.25, 0.3) is 0 Å². The van der Waals surface area contributed by atoms with E-state index in [0.29, 0.717) is 17.6 Å². The number of halogens is 2. The van der Waals surface area contributed by atoms with Crippen molar-refractivity contribution in [3.63, 3.8) is 0 Å². The third-order valence-electron chi connectivity index (χ3n) is 5.26. The number of nitrogens with zero attached hydrogens (tertiary/aromatic N) is 1. The van der Waals surface area contributed by atoms with Crippen LogP contribution in [0.3, 0.4) is 0 Å². The van der Waals surface area contributed by atoms with Crippen LogP contribution in [0.2, 0.25) is 5.02 Å². The summed E-state index contributed by atoms with van der Waals surface area (Å²) in [7, 11) is 0. The molecule has 4 nitrogen and oxygen atoms in total. The molecular formula is C19H27ClFN3O. The summed E-state index contributed by atoms with van der Waals surface area (Å²) in [6, 6.07) is 5.15. The average Bonchev–Trinajstić information content (AvgIpc) is 2.58. The lowest BCUT2D eigenvalue weighted by atomic mass is 9.92. The maximum Gasteiger partial charge on any atom is 0.223 e. The van der Waals surface area contributed by atoms with Crippen LogP contribution >= 0.6 is 11.6 Å². The lowest BCUT2D eigenvalue weighted by Gasteiger charge is -2.35. The minimum Gasteiger partial charge on any atom is -0.352 e. The SMILES string of the molecule is C[C@H]1C[C@@H](C(=O)NC2CCCN(Cc3ccc(F)cc3Cl)C2)CCN1. The molecule has 2 saturated heterocycles. The van der Waals surface area contributed by atoms with Crippen molar-refractivity contribution in [1.29, 1.82) is 0 Å². The minimum atomic E-state index is -0.311. The fourth-order valence-electron chi connectivity index (χ4n) is 3.90. The zero-order valence-corrected chi connectivity index (χ0v) is 15.5. The Hall–Kier alpha value is -1.17. The Morgan fingerprint density at radius 2 is 2.28 bits per heavy atom. The highest BCUT2D eigenvalue weighted by molar-refractivity contribution is 6.31. The van der Waals surface area contributed by atoms with Crippen molar-refractivity contribution in [3.05, 3.63) is 34.6 Å². The molecule has 138 valence electrons. The standard InChI is InChI=1S/C19H27ClFN3O/c1-13-9-14(6-7-22-13)19(25)23-17-3-2-8-24(12-17)11-15-4-5-16(21)10-18(15)20/h4-5,10,13-14,17,22H,2-3,6-9,11-12H2,1H3,(H,23,25)/t13-,14-,17?/m0/s1. The number of nitrogens with one attached hydrogen (secondary N) is 2. The first-order valence-corrected chi connectivity index (χ1v) is 9.59. The van der Waals surface area contributed by atoms with E-state index in [1.54, 1.807) is 6.07 Å². The average molecular weight is 368 g/mol. The van der Waals surface area contributed by atoms with Gasteiger partial charge in [0, 0.05) is 36.1 Å². The Bertz CT molecular complexity index is 612. The molecule has 1 unspecified atom stereocenters. The molecule has 2 aliphatic heterocycles. The van der Waals surface area contributed by atoms with Gasteiger partial charge < -0.3 is 10.6 Å². The first-order chi connectivity index (χ1) is 12.0. The van der Waals surface area contributed by atoms with Crippen molar-refractivity contribution >= 4 is 17.5 Å². The van der Waals surface area contributed by atoms with Crippen LogP contribution in [0.5, 0.6) is 0 Å². The van der Waals surface area contributed by atoms with Crippen LogP contribution in [0.15, 0.2) is 18.2 Å². The molecule has 2 aliphatic rings. The molecule has 0 aromatic heterocycles. The van der Waals surface area contributed by atoms with E-state index in [2.05, 4.69) is 22.5 Å². The van der Waals surface area contributed by atoms with E-state index in [1.807, 2.05) is 0 Å². The van der Waals surface area contributed by atoms with Crippen LogP contribution in [-0.4, -0.2) is 42.5 Å². The minimum absolute atomic E-state index is 0.123. The molecule has 2 N–H and O–H groups in total. The molecule has 2 heterocycles. The second-order valence-corrected chi connectivity index (χ2v) is 7.80. The topological polar surface area (TPSA) is 44.4 Å². The Kier molecular flexibility index (Phi) is 6.31. The molecule has 2 fully saturated rings. The van der Waals surface area contributed by atoms with Gasteiger partial charge in [-0.25, -0.2) is 4.39 Å². The molecule has 1 aromatic carbocycles. The quantitative estimate of drug-likeness (QED) is 0.860. The molecular weight excluding hydrogens is 341 g/mol. The Morgan fingerprint density at radius 1 is 1.44 bits per heavy atom. The van der Waals surface area contributed by atoms with Crippen LogP contribution < -0.4 is 10.6 Å². The van der Waals surface area contributed by atoms with Gasteiger partial charge in [-0.05, 0) is 63.4 Å². The van der Waals surface area contributed by atoms with Gasteiger partial charge in [-0.1, -0.05) is 17.7 Å². The molecule has 0 radical (unpaired) electrons. The van der Waals surface area contributed by atoms with E-state index in [9.17, 15) is 9.18 Å². The van der Waals surface area contributed by atoms with E-state index in [1.165, 1.54) is 12.1 Å². The van der Waals surface area contributed by atoms with Gasteiger partial charge in [0.25, 0.3) is 0 Å². The van der Waals surface area contributed by atoms with E-state index < -0.39 is 0 Å². The maximum atomic E-state index is 13.2. The summed E-state index contributed by atoms with van der Waals surface area (Å²) in [4.78, 5) is 14.8. The number of carbonyl (C=O) groups is 1. The third kappa shape index (κ3) is 5.16. The molecule has 6 heteroatoms. The summed E-state index contributed by atoms with van der Waals surface area (Å²) in [6.45, 7) is 5.54. The molecule has 0 spiro atoms. The Balaban J connectivity index is 1.53. The van der Waals surface area contributed by atoms with Crippen molar-refractivity contribution in [2.45, 2.75) is 51.2 Å². The van der Waals surface area contributed by atoms with Gasteiger partial charge in [0.2, 0.25) is 5.91 Å². The van der Waals surface area contributed by atoms with E-state index in [4.69, 9.17) is 11.6 Å². The highest BCUT2D eigenvalue weighted by atomic mass is 35.5. The van der Waals surface area contributed by atoms with Crippen molar-refractivity contribution in [2.75, 3.05) is 19.6 Å². The van der Waals surface area contributed by atoms with E-state index in [0.717, 1.165) is 50.9 Å². The van der Waals surface area contributed by atoms with E-state index >= 15 is 0 Å². The summed E-state index contributed by atoms with van der Waals surface area (Å²) in [5.41, 5.74) is 0.933. The fraction of sp³-hybridized carbons (Fsp3) is 0.632. The third-order valence-corrected chi connectivity index (χ3v) is 5.61. The number of hydrogen-bond donors (Lipinski definition) is 2. The monoisotopic (exact) mass is 367 g/mol. The number of piperidine rings is 2. The lowest BCUT2D eigenvalue weighted by molar-refractivity contribution is -0.127. The first-order valence-electron chi connectivity index (χ1n) is 9.21. The van der Waals surface area contributed by atoms with Crippen LogP contribution in [-0.2, 0) is 11.3 Å². The van der Waals surface area contributed by atoms with E-state index in [-0.39, 0.29) is 23.7 Å². The molecule has 3 atom stereocenters. The van der Waals surface area contributed by atoms with Crippen molar-refractivity contribution in [2.24, 2.45) is 5.92 Å². The number of rotatable bonds is 4. The van der Waals surface area contributed by atoms with Crippen molar-refractivity contribution in [3.8, 4) is 0 Å². The molecule has 3 rings (SSSR count). The van der Waals surface area contributed by atoms with Gasteiger partial charge in [-0.15, -0.1) is 0 Å². The lowest BCUT2D eigenvalue weighted by Crippen LogP contribution is -2.50. The normalized spacial score (nSPS) is 27.9. The smallest absolute Gasteiger partial charge is 0.223 e. The van der Waals surface area contributed by atoms with Gasteiger partial charge in [0.15, 0.2) is 0 Å². The largest absolute Gasteiger partial charge is 0.352 e. The zero-order valence-electron chi connectivity index (χ0n) is 14.7. The van der Waals surface area contributed by atoms with Gasteiger partial charge in [0.05, 0.1) is 0 Å². The molecule has 0 aliphatic carbocycles. The second kappa shape index (κ2) is 8.47. The molecule has 0 bridgehead atoms. The van der Waals surface area contributed by atoms with Crippen LogP contribution in [0.1, 0.15) is 38.2 Å². The van der Waals surface area contributed by atoms with Crippen LogP contribution in [0.4, 0.5) is 4.39 Å². The highest BCUT2D eigenvalue weighted by Gasteiger charge is 2.28. The Morgan fingerprint density at radius 3 is 3.04 bits per heavy atom. The highest BCUT2D eigenvalue weighted by Crippen LogP contribution is 2.22. The fourth-order valence-corrected chi connectivity index (χ4v) is 4.12.